The number of aryl methyl sites for hydroxylation is 1. The highest BCUT2D eigenvalue weighted by Crippen LogP contribution is 2.31. The van der Waals surface area contributed by atoms with Crippen LogP contribution in [0.2, 0.25) is 0 Å². The van der Waals surface area contributed by atoms with Crippen LogP contribution in [0.5, 0.6) is 0 Å². The number of benzene rings is 2. The van der Waals surface area contributed by atoms with Gasteiger partial charge in [-0.25, -0.2) is 0 Å². The van der Waals surface area contributed by atoms with Crippen LogP contribution >= 0.6 is 15.9 Å². The highest BCUT2D eigenvalue weighted by atomic mass is 79.9. The molecule has 0 radical (unpaired) electrons. The molecule has 2 aromatic carbocycles. The summed E-state index contributed by atoms with van der Waals surface area (Å²) in [5, 5.41) is 3.15. The van der Waals surface area contributed by atoms with Crippen molar-refractivity contribution in [2.75, 3.05) is 7.05 Å². The molecule has 21 heavy (non-hydrogen) atoms. The summed E-state index contributed by atoms with van der Waals surface area (Å²) in [6.07, 6.45) is -4.31. The lowest BCUT2D eigenvalue weighted by atomic mass is 9.96. The van der Waals surface area contributed by atoms with Gasteiger partial charge in [-0.2, -0.15) is 13.2 Å². The Morgan fingerprint density at radius 3 is 2.10 bits per heavy atom. The zero-order valence-corrected chi connectivity index (χ0v) is 13.2. The predicted molar refractivity (Wildman–Crippen MR) is 81.2 cm³/mol. The molecule has 112 valence electrons. The standard InChI is InChI=1S/C16H15BrF3N/c1-10-7-12(9-14(17)8-10)15(21-2)11-3-5-13(6-4-11)16(18,19)20/h3-9,15,21H,1-2H3. The number of alkyl halides is 3. The van der Waals surface area contributed by atoms with E-state index in [4.69, 9.17) is 0 Å². The molecule has 0 aliphatic heterocycles. The molecule has 2 aromatic rings. The maximum absolute atomic E-state index is 12.6. The lowest BCUT2D eigenvalue weighted by Gasteiger charge is -2.19. The molecule has 1 N–H and O–H groups in total. The summed E-state index contributed by atoms with van der Waals surface area (Å²) in [5.41, 5.74) is 2.25. The Morgan fingerprint density at radius 1 is 1.00 bits per heavy atom. The number of halogens is 4. The first-order valence-electron chi connectivity index (χ1n) is 6.43. The van der Waals surface area contributed by atoms with Gasteiger partial charge in [-0.05, 0) is 54.9 Å². The van der Waals surface area contributed by atoms with Crippen LogP contribution < -0.4 is 5.32 Å². The minimum absolute atomic E-state index is 0.150. The average Bonchev–Trinajstić information content (AvgIpc) is 2.38. The molecule has 0 heterocycles. The Bertz CT molecular complexity index is 600. The minimum Gasteiger partial charge on any atom is -0.309 e. The molecule has 0 fully saturated rings. The summed E-state index contributed by atoms with van der Waals surface area (Å²) in [7, 11) is 1.79. The normalized spacial score (nSPS) is 13.2. The van der Waals surface area contributed by atoms with Gasteiger partial charge in [0.1, 0.15) is 0 Å². The van der Waals surface area contributed by atoms with Crippen LogP contribution in [0.1, 0.15) is 28.3 Å². The molecular weight excluding hydrogens is 343 g/mol. The average molecular weight is 358 g/mol. The molecule has 1 nitrogen and oxygen atoms in total. The molecule has 1 unspecified atom stereocenters. The number of nitrogens with one attached hydrogen (secondary N) is 1. The molecule has 0 saturated carbocycles. The molecule has 0 aliphatic rings. The summed E-state index contributed by atoms with van der Waals surface area (Å²) in [4.78, 5) is 0. The van der Waals surface area contributed by atoms with E-state index in [1.54, 1.807) is 7.05 Å². The molecule has 1 atom stereocenters. The molecule has 2 rings (SSSR count). The SMILES string of the molecule is CNC(c1ccc(C(F)(F)F)cc1)c1cc(C)cc(Br)c1. The molecule has 0 bridgehead atoms. The van der Waals surface area contributed by atoms with Gasteiger partial charge in [0.25, 0.3) is 0 Å². The zero-order valence-electron chi connectivity index (χ0n) is 11.6. The molecule has 0 saturated heterocycles. The molecule has 0 amide bonds. The number of hydrogen-bond acceptors (Lipinski definition) is 1. The van der Waals surface area contributed by atoms with E-state index in [2.05, 4.69) is 21.2 Å². The quantitative estimate of drug-likeness (QED) is 0.806. The first-order valence-corrected chi connectivity index (χ1v) is 7.22. The fourth-order valence-corrected chi connectivity index (χ4v) is 2.95. The fraction of sp³-hybridized carbons (Fsp3) is 0.250. The van der Waals surface area contributed by atoms with Crippen LogP contribution in [0.15, 0.2) is 46.9 Å². The molecular formula is C16H15BrF3N. The van der Waals surface area contributed by atoms with Gasteiger partial charge in [-0.1, -0.05) is 34.1 Å². The minimum atomic E-state index is -4.31. The van der Waals surface area contributed by atoms with Crippen molar-refractivity contribution in [1.29, 1.82) is 0 Å². The van der Waals surface area contributed by atoms with E-state index in [1.165, 1.54) is 12.1 Å². The van der Waals surface area contributed by atoms with Crippen LogP contribution in [-0.2, 0) is 6.18 Å². The Kier molecular flexibility index (Phi) is 4.74. The third-order valence-corrected chi connectivity index (χ3v) is 3.72. The first kappa shape index (κ1) is 16.0. The Hall–Kier alpha value is -1.33. The van der Waals surface area contributed by atoms with E-state index in [0.717, 1.165) is 33.3 Å². The smallest absolute Gasteiger partial charge is 0.309 e. The maximum Gasteiger partial charge on any atom is 0.416 e. The summed E-state index contributed by atoms with van der Waals surface area (Å²) < 4.78 is 38.8. The third-order valence-electron chi connectivity index (χ3n) is 3.26. The monoisotopic (exact) mass is 357 g/mol. The van der Waals surface area contributed by atoms with Gasteiger partial charge in [0.2, 0.25) is 0 Å². The van der Waals surface area contributed by atoms with Gasteiger partial charge >= 0.3 is 6.18 Å². The second-order valence-corrected chi connectivity index (χ2v) is 5.82. The van der Waals surface area contributed by atoms with Crippen LogP contribution in [0.4, 0.5) is 13.2 Å². The van der Waals surface area contributed by atoms with E-state index in [0.29, 0.717) is 0 Å². The van der Waals surface area contributed by atoms with Crippen molar-refractivity contribution in [1.82, 2.24) is 5.32 Å². The predicted octanol–water partition coefficient (Wildman–Crippen LogP) is 5.09. The summed E-state index contributed by atoms with van der Waals surface area (Å²) >= 11 is 3.44. The fourth-order valence-electron chi connectivity index (χ4n) is 2.32. The van der Waals surface area contributed by atoms with Crippen LogP contribution in [-0.4, -0.2) is 7.05 Å². The Balaban J connectivity index is 2.37. The third kappa shape index (κ3) is 3.86. The van der Waals surface area contributed by atoms with Gasteiger partial charge in [0, 0.05) is 4.47 Å². The summed E-state index contributed by atoms with van der Waals surface area (Å²) in [6.45, 7) is 1.98. The van der Waals surface area contributed by atoms with Crippen molar-refractivity contribution in [3.05, 3.63) is 69.2 Å². The van der Waals surface area contributed by atoms with Gasteiger partial charge in [-0.3, -0.25) is 0 Å². The maximum atomic E-state index is 12.6. The molecule has 5 heteroatoms. The molecule has 0 spiro atoms. The zero-order chi connectivity index (χ0) is 15.6. The van der Waals surface area contributed by atoms with Crippen molar-refractivity contribution in [2.45, 2.75) is 19.1 Å². The first-order chi connectivity index (χ1) is 9.81. The number of rotatable bonds is 3. The second kappa shape index (κ2) is 6.20. The van der Waals surface area contributed by atoms with Crippen molar-refractivity contribution >= 4 is 15.9 Å². The van der Waals surface area contributed by atoms with Gasteiger partial charge in [0.05, 0.1) is 11.6 Å². The van der Waals surface area contributed by atoms with E-state index in [1.807, 2.05) is 25.1 Å². The van der Waals surface area contributed by atoms with Crippen molar-refractivity contribution < 1.29 is 13.2 Å². The van der Waals surface area contributed by atoms with Crippen molar-refractivity contribution in [3.8, 4) is 0 Å². The second-order valence-electron chi connectivity index (χ2n) is 4.90. The van der Waals surface area contributed by atoms with Crippen LogP contribution in [0, 0.1) is 6.92 Å². The largest absolute Gasteiger partial charge is 0.416 e. The lowest BCUT2D eigenvalue weighted by molar-refractivity contribution is -0.137. The number of hydrogen-bond donors (Lipinski definition) is 1. The van der Waals surface area contributed by atoms with E-state index in [-0.39, 0.29) is 6.04 Å². The highest BCUT2D eigenvalue weighted by Gasteiger charge is 2.30. The summed E-state index contributed by atoms with van der Waals surface area (Å²) in [5.74, 6) is 0. The molecule has 0 aliphatic carbocycles. The lowest BCUT2D eigenvalue weighted by Crippen LogP contribution is -2.18. The highest BCUT2D eigenvalue weighted by molar-refractivity contribution is 9.10. The van der Waals surface area contributed by atoms with Gasteiger partial charge < -0.3 is 5.32 Å². The Morgan fingerprint density at radius 2 is 1.62 bits per heavy atom. The van der Waals surface area contributed by atoms with Crippen LogP contribution in [0.25, 0.3) is 0 Å². The van der Waals surface area contributed by atoms with Gasteiger partial charge in [-0.15, -0.1) is 0 Å². The molecule has 0 aromatic heterocycles. The van der Waals surface area contributed by atoms with Crippen molar-refractivity contribution in [3.63, 3.8) is 0 Å². The van der Waals surface area contributed by atoms with E-state index < -0.39 is 11.7 Å². The topological polar surface area (TPSA) is 12.0 Å². The van der Waals surface area contributed by atoms with Crippen molar-refractivity contribution in [2.24, 2.45) is 0 Å². The van der Waals surface area contributed by atoms with Gasteiger partial charge in [0.15, 0.2) is 0 Å². The Labute approximate surface area is 130 Å². The van der Waals surface area contributed by atoms with E-state index >= 15 is 0 Å². The van der Waals surface area contributed by atoms with E-state index in [9.17, 15) is 13.2 Å². The summed E-state index contributed by atoms with van der Waals surface area (Å²) in [6, 6.07) is 11.1. The van der Waals surface area contributed by atoms with Crippen LogP contribution in [0.3, 0.4) is 0 Å².